The number of hydrogen-bond donors (Lipinski definition) is 1. The Hall–Kier alpha value is -0.830. The van der Waals surface area contributed by atoms with Crippen LogP contribution in [0.4, 0.5) is 0 Å². The van der Waals surface area contributed by atoms with Crippen molar-refractivity contribution in [3.8, 4) is 0 Å². The Morgan fingerprint density at radius 2 is 2.19 bits per heavy atom. The molecule has 2 N–H and O–H groups in total. The van der Waals surface area contributed by atoms with Gasteiger partial charge in [-0.15, -0.1) is 6.58 Å². The summed E-state index contributed by atoms with van der Waals surface area (Å²) in [5.74, 6) is 0.650. The molecule has 92 valence electrons. The molecule has 3 atom stereocenters. The van der Waals surface area contributed by atoms with Crippen LogP contribution in [-0.4, -0.2) is 29.9 Å². The lowest BCUT2D eigenvalue weighted by atomic mass is 9.85. The van der Waals surface area contributed by atoms with Gasteiger partial charge in [-0.3, -0.25) is 4.79 Å². The lowest BCUT2D eigenvalue weighted by Crippen LogP contribution is -2.49. The van der Waals surface area contributed by atoms with E-state index in [-0.39, 0.29) is 5.91 Å². The molecular weight excluding hydrogens is 200 g/mol. The molecule has 0 aromatic rings. The van der Waals surface area contributed by atoms with Crippen LogP contribution in [-0.2, 0) is 4.79 Å². The summed E-state index contributed by atoms with van der Waals surface area (Å²) >= 11 is 0. The Labute approximate surface area is 98.7 Å². The second-order valence-corrected chi connectivity index (χ2v) is 4.91. The van der Waals surface area contributed by atoms with Crippen LogP contribution in [0.15, 0.2) is 12.7 Å². The molecule has 1 aliphatic carbocycles. The average Bonchev–Trinajstić information content (AvgIpc) is 2.28. The van der Waals surface area contributed by atoms with Gasteiger partial charge in [0.1, 0.15) is 0 Å². The summed E-state index contributed by atoms with van der Waals surface area (Å²) in [6.45, 7) is 5.85. The number of carbonyl (C=O) groups excluding carboxylic acids is 1. The van der Waals surface area contributed by atoms with Gasteiger partial charge in [0.2, 0.25) is 5.91 Å². The minimum absolute atomic E-state index is 0.0543. The highest BCUT2D eigenvalue weighted by molar-refractivity contribution is 5.81. The quantitative estimate of drug-likeness (QED) is 0.742. The number of hydrogen-bond acceptors (Lipinski definition) is 2. The first-order valence-electron chi connectivity index (χ1n) is 6.21. The van der Waals surface area contributed by atoms with Crippen molar-refractivity contribution >= 4 is 5.91 Å². The standard InChI is InChI=1S/C13H24N2O/c1-4-7-11(14)13(16)15(3)12-9-6-5-8-10(12)2/h4,10-12H,1,5-9,14H2,2-3H3. The van der Waals surface area contributed by atoms with Crippen LogP contribution in [0.5, 0.6) is 0 Å². The van der Waals surface area contributed by atoms with Crippen LogP contribution < -0.4 is 5.73 Å². The first kappa shape index (κ1) is 13.2. The van der Waals surface area contributed by atoms with Gasteiger partial charge in [0.25, 0.3) is 0 Å². The van der Waals surface area contributed by atoms with Crippen molar-refractivity contribution in [2.24, 2.45) is 11.7 Å². The number of carbonyl (C=O) groups is 1. The summed E-state index contributed by atoms with van der Waals surface area (Å²) < 4.78 is 0. The zero-order valence-electron chi connectivity index (χ0n) is 10.5. The van der Waals surface area contributed by atoms with Crippen LogP contribution in [0.2, 0.25) is 0 Å². The zero-order valence-corrected chi connectivity index (χ0v) is 10.5. The Kier molecular flexibility index (Phi) is 5.00. The molecule has 0 saturated heterocycles. The topological polar surface area (TPSA) is 46.3 Å². The zero-order chi connectivity index (χ0) is 12.1. The molecule has 1 amide bonds. The van der Waals surface area contributed by atoms with E-state index in [2.05, 4.69) is 13.5 Å². The molecular formula is C13H24N2O. The van der Waals surface area contributed by atoms with Crippen molar-refractivity contribution < 1.29 is 4.79 Å². The van der Waals surface area contributed by atoms with Crippen molar-refractivity contribution in [2.75, 3.05) is 7.05 Å². The fourth-order valence-electron chi connectivity index (χ4n) is 2.58. The molecule has 16 heavy (non-hydrogen) atoms. The summed E-state index contributed by atoms with van der Waals surface area (Å²) in [4.78, 5) is 13.9. The molecule has 3 unspecified atom stereocenters. The van der Waals surface area contributed by atoms with Crippen LogP contribution >= 0.6 is 0 Å². The predicted octanol–water partition coefficient (Wildman–Crippen LogP) is 1.93. The molecule has 3 heteroatoms. The van der Waals surface area contributed by atoms with E-state index in [1.54, 1.807) is 6.08 Å². The van der Waals surface area contributed by atoms with Crippen molar-refractivity contribution in [3.05, 3.63) is 12.7 Å². The lowest BCUT2D eigenvalue weighted by molar-refractivity contribution is -0.134. The fourth-order valence-corrected chi connectivity index (χ4v) is 2.58. The first-order valence-corrected chi connectivity index (χ1v) is 6.21. The van der Waals surface area contributed by atoms with Gasteiger partial charge in [-0.25, -0.2) is 0 Å². The fraction of sp³-hybridized carbons (Fsp3) is 0.769. The lowest BCUT2D eigenvalue weighted by Gasteiger charge is -2.37. The highest BCUT2D eigenvalue weighted by atomic mass is 16.2. The van der Waals surface area contributed by atoms with Gasteiger partial charge in [-0.1, -0.05) is 25.8 Å². The maximum atomic E-state index is 12.0. The Balaban J connectivity index is 2.57. The molecule has 0 radical (unpaired) electrons. The van der Waals surface area contributed by atoms with Crippen molar-refractivity contribution in [2.45, 2.75) is 51.1 Å². The van der Waals surface area contributed by atoms with Crippen molar-refractivity contribution in [1.29, 1.82) is 0 Å². The summed E-state index contributed by atoms with van der Waals surface area (Å²) in [5, 5.41) is 0. The molecule has 1 fully saturated rings. The van der Waals surface area contributed by atoms with Crippen LogP contribution in [0.25, 0.3) is 0 Å². The molecule has 0 aromatic carbocycles. The van der Waals surface area contributed by atoms with Gasteiger partial charge in [0.15, 0.2) is 0 Å². The van der Waals surface area contributed by atoms with E-state index in [4.69, 9.17) is 5.73 Å². The van der Waals surface area contributed by atoms with Gasteiger partial charge in [-0.05, 0) is 25.2 Å². The van der Waals surface area contributed by atoms with E-state index >= 15 is 0 Å². The number of rotatable bonds is 4. The summed E-state index contributed by atoms with van der Waals surface area (Å²) in [6.07, 6.45) is 7.12. The van der Waals surface area contributed by atoms with Crippen LogP contribution in [0.3, 0.4) is 0 Å². The average molecular weight is 224 g/mol. The van der Waals surface area contributed by atoms with Gasteiger partial charge in [-0.2, -0.15) is 0 Å². The maximum Gasteiger partial charge on any atom is 0.239 e. The van der Waals surface area contributed by atoms with E-state index in [1.165, 1.54) is 19.3 Å². The van der Waals surface area contributed by atoms with Crippen molar-refractivity contribution in [3.63, 3.8) is 0 Å². The maximum absolute atomic E-state index is 12.0. The highest BCUT2D eigenvalue weighted by Crippen LogP contribution is 2.27. The van der Waals surface area contributed by atoms with Crippen molar-refractivity contribution in [1.82, 2.24) is 4.90 Å². The summed E-state index contributed by atoms with van der Waals surface area (Å²) in [6, 6.07) is -0.0475. The molecule has 1 saturated carbocycles. The molecule has 3 nitrogen and oxygen atoms in total. The number of amides is 1. The highest BCUT2D eigenvalue weighted by Gasteiger charge is 2.29. The third-order valence-electron chi connectivity index (χ3n) is 3.65. The number of nitrogens with zero attached hydrogens (tertiary/aromatic N) is 1. The third kappa shape index (κ3) is 3.08. The van der Waals surface area contributed by atoms with Gasteiger partial charge >= 0.3 is 0 Å². The third-order valence-corrected chi connectivity index (χ3v) is 3.65. The summed E-state index contributed by atoms with van der Waals surface area (Å²) in [7, 11) is 1.89. The van der Waals surface area contributed by atoms with E-state index in [9.17, 15) is 4.79 Å². The molecule has 0 bridgehead atoms. The second kappa shape index (κ2) is 6.04. The van der Waals surface area contributed by atoms with Gasteiger partial charge in [0.05, 0.1) is 6.04 Å². The largest absolute Gasteiger partial charge is 0.341 e. The molecule has 1 rings (SSSR count). The minimum Gasteiger partial charge on any atom is -0.341 e. The van der Waals surface area contributed by atoms with Crippen LogP contribution in [0, 0.1) is 5.92 Å². The molecule has 1 aliphatic rings. The Bertz CT molecular complexity index is 252. The predicted molar refractivity (Wildman–Crippen MR) is 67.0 cm³/mol. The molecule has 0 heterocycles. The normalized spacial score (nSPS) is 27.2. The molecule has 0 aromatic heterocycles. The smallest absolute Gasteiger partial charge is 0.239 e. The van der Waals surface area contributed by atoms with E-state index in [1.807, 2.05) is 11.9 Å². The Morgan fingerprint density at radius 3 is 2.75 bits per heavy atom. The minimum atomic E-state index is -0.420. The SMILES string of the molecule is C=CCC(N)C(=O)N(C)C1CCCCC1C. The Morgan fingerprint density at radius 1 is 1.56 bits per heavy atom. The number of likely N-dealkylation sites (N-methyl/N-ethyl adjacent to an activating group) is 1. The summed E-state index contributed by atoms with van der Waals surface area (Å²) in [5.41, 5.74) is 5.82. The van der Waals surface area contributed by atoms with Gasteiger partial charge < -0.3 is 10.6 Å². The number of nitrogens with two attached hydrogens (primary N) is 1. The monoisotopic (exact) mass is 224 g/mol. The first-order chi connectivity index (χ1) is 7.57. The van der Waals surface area contributed by atoms with E-state index < -0.39 is 6.04 Å². The van der Waals surface area contributed by atoms with Crippen LogP contribution in [0.1, 0.15) is 39.0 Å². The van der Waals surface area contributed by atoms with Gasteiger partial charge in [0, 0.05) is 13.1 Å². The van der Waals surface area contributed by atoms with E-state index in [0.29, 0.717) is 18.4 Å². The second-order valence-electron chi connectivity index (χ2n) is 4.91. The molecule has 0 spiro atoms. The molecule has 0 aliphatic heterocycles. The van der Waals surface area contributed by atoms with E-state index in [0.717, 1.165) is 6.42 Å².